The first-order valence-corrected chi connectivity index (χ1v) is 7.64. The van der Waals surface area contributed by atoms with Gasteiger partial charge in [-0.25, -0.2) is 0 Å². The van der Waals surface area contributed by atoms with Crippen LogP contribution in [0.2, 0.25) is 0 Å². The number of nitrogens with zero attached hydrogens (tertiary/aromatic N) is 2. The first kappa shape index (κ1) is 15.5. The third-order valence-electron chi connectivity index (χ3n) is 4.01. The first-order valence-electron chi connectivity index (χ1n) is 7.64. The Kier molecular flexibility index (Phi) is 7.33. The molecule has 1 saturated heterocycles. The molecule has 1 unspecified atom stereocenters. The zero-order valence-corrected chi connectivity index (χ0v) is 12.5. The lowest BCUT2D eigenvalue weighted by atomic mass is 10.1. The summed E-state index contributed by atoms with van der Waals surface area (Å²) in [4.78, 5) is 15.8. The van der Waals surface area contributed by atoms with Crippen molar-refractivity contribution in [1.82, 2.24) is 9.80 Å². The molecule has 1 heterocycles. The van der Waals surface area contributed by atoms with Gasteiger partial charge in [-0.1, -0.05) is 39.0 Å². The van der Waals surface area contributed by atoms with Crippen LogP contribution in [0.3, 0.4) is 0 Å². The highest BCUT2D eigenvalue weighted by atomic mass is 16.2. The summed E-state index contributed by atoms with van der Waals surface area (Å²) in [6.07, 6.45) is 8.16. The van der Waals surface area contributed by atoms with Crippen LogP contribution in [0.1, 0.15) is 59.3 Å². The largest absolute Gasteiger partial charge is 0.340 e. The minimum Gasteiger partial charge on any atom is -0.340 e. The Morgan fingerprint density at radius 3 is 2.39 bits per heavy atom. The van der Waals surface area contributed by atoms with Crippen LogP contribution >= 0.6 is 0 Å². The van der Waals surface area contributed by atoms with Gasteiger partial charge < -0.3 is 4.90 Å². The van der Waals surface area contributed by atoms with Crippen molar-refractivity contribution in [3.8, 4) is 0 Å². The third-order valence-corrected chi connectivity index (χ3v) is 4.01. The van der Waals surface area contributed by atoms with Crippen molar-refractivity contribution in [3.05, 3.63) is 0 Å². The molecule has 0 aromatic rings. The maximum absolute atomic E-state index is 11.3. The summed E-state index contributed by atoms with van der Waals surface area (Å²) in [5, 5.41) is 0. The first-order chi connectivity index (χ1) is 8.65. The average Bonchev–Trinajstić information content (AvgIpc) is 2.35. The second kappa shape index (κ2) is 8.52. The Balaban J connectivity index is 2.10. The maximum atomic E-state index is 11.3. The van der Waals surface area contributed by atoms with Gasteiger partial charge in [-0.3, -0.25) is 9.69 Å². The molecule has 1 fully saturated rings. The number of piperazine rings is 1. The fourth-order valence-electron chi connectivity index (χ4n) is 2.71. The summed E-state index contributed by atoms with van der Waals surface area (Å²) in [5.74, 6) is 0.223. The van der Waals surface area contributed by atoms with E-state index in [1.54, 1.807) is 6.92 Å². The van der Waals surface area contributed by atoms with Crippen molar-refractivity contribution in [1.29, 1.82) is 0 Å². The van der Waals surface area contributed by atoms with E-state index in [0.29, 0.717) is 6.04 Å². The molecule has 106 valence electrons. The number of unbranched alkanes of at least 4 members (excludes halogenated alkanes) is 5. The molecular formula is C15H30N2O. The lowest BCUT2D eigenvalue weighted by Gasteiger charge is -2.39. The van der Waals surface area contributed by atoms with E-state index in [9.17, 15) is 4.79 Å². The van der Waals surface area contributed by atoms with E-state index in [-0.39, 0.29) is 5.91 Å². The Labute approximate surface area is 113 Å². The Hall–Kier alpha value is -0.570. The Morgan fingerprint density at radius 2 is 1.78 bits per heavy atom. The lowest BCUT2D eigenvalue weighted by Crippen LogP contribution is -2.53. The highest BCUT2D eigenvalue weighted by molar-refractivity contribution is 5.73. The molecule has 3 nitrogen and oxygen atoms in total. The van der Waals surface area contributed by atoms with Gasteiger partial charge in [0.25, 0.3) is 0 Å². The van der Waals surface area contributed by atoms with Gasteiger partial charge in [0.1, 0.15) is 0 Å². The van der Waals surface area contributed by atoms with Gasteiger partial charge in [-0.15, -0.1) is 0 Å². The van der Waals surface area contributed by atoms with Gasteiger partial charge in [0.15, 0.2) is 0 Å². The molecule has 0 aromatic heterocycles. The fraction of sp³-hybridized carbons (Fsp3) is 0.933. The van der Waals surface area contributed by atoms with Gasteiger partial charge in [0.2, 0.25) is 5.91 Å². The molecule has 0 aromatic carbocycles. The van der Waals surface area contributed by atoms with Gasteiger partial charge >= 0.3 is 0 Å². The predicted octanol–water partition coefficient (Wildman–Crippen LogP) is 2.90. The zero-order valence-electron chi connectivity index (χ0n) is 12.5. The number of hydrogen-bond acceptors (Lipinski definition) is 2. The molecule has 0 bridgehead atoms. The molecule has 0 saturated carbocycles. The molecule has 0 radical (unpaired) electrons. The van der Waals surface area contributed by atoms with E-state index in [0.717, 1.165) is 19.6 Å². The van der Waals surface area contributed by atoms with E-state index in [4.69, 9.17) is 0 Å². The molecule has 1 atom stereocenters. The van der Waals surface area contributed by atoms with Crippen LogP contribution in [0, 0.1) is 0 Å². The number of amides is 1. The summed E-state index contributed by atoms with van der Waals surface area (Å²) in [7, 11) is 0. The second-order valence-corrected chi connectivity index (χ2v) is 5.62. The van der Waals surface area contributed by atoms with Gasteiger partial charge in [0.05, 0.1) is 0 Å². The summed E-state index contributed by atoms with van der Waals surface area (Å²) >= 11 is 0. The van der Waals surface area contributed by atoms with E-state index >= 15 is 0 Å². The van der Waals surface area contributed by atoms with Gasteiger partial charge in [-0.05, 0) is 19.9 Å². The molecular weight excluding hydrogens is 224 g/mol. The normalized spacial score (nSPS) is 21.3. The van der Waals surface area contributed by atoms with Crippen molar-refractivity contribution in [3.63, 3.8) is 0 Å². The van der Waals surface area contributed by atoms with E-state index < -0.39 is 0 Å². The summed E-state index contributed by atoms with van der Waals surface area (Å²) in [6, 6.07) is 0.526. The minimum absolute atomic E-state index is 0.223. The van der Waals surface area contributed by atoms with Gasteiger partial charge in [-0.2, -0.15) is 0 Å². The summed E-state index contributed by atoms with van der Waals surface area (Å²) in [6.45, 7) is 10.3. The lowest BCUT2D eigenvalue weighted by molar-refractivity contribution is -0.131. The molecule has 0 spiro atoms. The van der Waals surface area contributed by atoms with Crippen LogP contribution in [-0.2, 0) is 4.79 Å². The van der Waals surface area contributed by atoms with Crippen LogP contribution in [0.4, 0.5) is 0 Å². The number of rotatable bonds is 7. The topological polar surface area (TPSA) is 23.6 Å². The summed E-state index contributed by atoms with van der Waals surface area (Å²) < 4.78 is 0. The average molecular weight is 254 g/mol. The quantitative estimate of drug-likeness (QED) is 0.652. The van der Waals surface area contributed by atoms with Crippen molar-refractivity contribution in [2.24, 2.45) is 0 Å². The van der Waals surface area contributed by atoms with Crippen molar-refractivity contribution < 1.29 is 4.79 Å². The van der Waals surface area contributed by atoms with Crippen LogP contribution in [0.5, 0.6) is 0 Å². The zero-order chi connectivity index (χ0) is 13.4. The van der Waals surface area contributed by atoms with Crippen LogP contribution < -0.4 is 0 Å². The van der Waals surface area contributed by atoms with Gasteiger partial charge in [0, 0.05) is 32.6 Å². The molecule has 18 heavy (non-hydrogen) atoms. The van der Waals surface area contributed by atoms with E-state index in [1.165, 1.54) is 45.1 Å². The number of hydrogen-bond donors (Lipinski definition) is 0. The molecule has 3 heteroatoms. The number of carbonyl (C=O) groups is 1. The third kappa shape index (κ3) is 5.38. The standard InChI is InChI=1S/C15H30N2O/c1-4-5-6-7-8-9-10-16-11-12-17(15(3)18)13-14(16)2/h14H,4-13H2,1-3H3. The van der Waals surface area contributed by atoms with Crippen molar-refractivity contribution in [2.75, 3.05) is 26.2 Å². The molecule has 1 aliphatic heterocycles. The van der Waals surface area contributed by atoms with E-state index in [2.05, 4.69) is 18.7 Å². The van der Waals surface area contributed by atoms with E-state index in [1.807, 2.05) is 4.90 Å². The highest BCUT2D eigenvalue weighted by Gasteiger charge is 2.24. The Morgan fingerprint density at radius 1 is 1.11 bits per heavy atom. The molecule has 1 rings (SSSR count). The fourth-order valence-corrected chi connectivity index (χ4v) is 2.71. The molecule has 0 N–H and O–H groups in total. The maximum Gasteiger partial charge on any atom is 0.219 e. The smallest absolute Gasteiger partial charge is 0.219 e. The molecule has 0 aliphatic carbocycles. The van der Waals surface area contributed by atoms with Crippen LogP contribution in [0.25, 0.3) is 0 Å². The van der Waals surface area contributed by atoms with Crippen molar-refractivity contribution in [2.45, 2.75) is 65.3 Å². The van der Waals surface area contributed by atoms with Crippen LogP contribution in [0.15, 0.2) is 0 Å². The second-order valence-electron chi connectivity index (χ2n) is 5.62. The minimum atomic E-state index is 0.223. The number of carbonyl (C=O) groups excluding carboxylic acids is 1. The predicted molar refractivity (Wildman–Crippen MR) is 76.7 cm³/mol. The van der Waals surface area contributed by atoms with Crippen LogP contribution in [-0.4, -0.2) is 47.9 Å². The SMILES string of the molecule is CCCCCCCCN1CCN(C(C)=O)CC1C. The summed E-state index contributed by atoms with van der Waals surface area (Å²) in [5.41, 5.74) is 0. The molecule has 1 amide bonds. The Bertz CT molecular complexity index is 243. The highest BCUT2D eigenvalue weighted by Crippen LogP contribution is 2.12. The monoisotopic (exact) mass is 254 g/mol. The van der Waals surface area contributed by atoms with Crippen molar-refractivity contribution >= 4 is 5.91 Å². The molecule has 1 aliphatic rings.